The minimum Gasteiger partial charge on any atom is -0.467 e. The minimum absolute atomic E-state index is 0.0224. The van der Waals surface area contributed by atoms with Crippen LogP contribution in [0.2, 0.25) is 0 Å². The molecule has 0 saturated carbocycles. The van der Waals surface area contributed by atoms with Crippen LogP contribution < -0.4 is 0 Å². The van der Waals surface area contributed by atoms with Gasteiger partial charge in [0.1, 0.15) is 11.8 Å². The molecule has 0 aliphatic rings. The van der Waals surface area contributed by atoms with Crippen LogP contribution in [0.3, 0.4) is 0 Å². The number of carbonyl (C=O) groups is 2. The molecular formula is C21H26N4O4. The van der Waals surface area contributed by atoms with Gasteiger partial charge in [-0.2, -0.15) is 5.26 Å². The van der Waals surface area contributed by atoms with Crippen LogP contribution in [0, 0.1) is 17.2 Å². The van der Waals surface area contributed by atoms with Crippen molar-refractivity contribution in [3.63, 3.8) is 0 Å². The maximum atomic E-state index is 13.1. The van der Waals surface area contributed by atoms with Crippen molar-refractivity contribution >= 4 is 28.5 Å². The lowest BCUT2D eigenvalue weighted by Crippen LogP contribution is -2.50. The van der Waals surface area contributed by atoms with Crippen molar-refractivity contribution in [3.8, 4) is 6.07 Å². The number of benzene rings is 1. The van der Waals surface area contributed by atoms with Crippen LogP contribution in [0.1, 0.15) is 32.3 Å². The van der Waals surface area contributed by atoms with Gasteiger partial charge in [-0.1, -0.05) is 37.2 Å². The van der Waals surface area contributed by atoms with Crippen molar-refractivity contribution < 1.29 is 19.5 Å². The van der Waals surface area contributed by atoms with E-state index >= 15 is 0 Å². The third-order valence-electron chi connectivity index (χ3n) is 4.63. The number of nitrogens with zero attached hydrogens (tertiary/aromatic N) is 3. The number of ether oxygens (including phenoxy) is 1. The zero-order chi connectivity index (χ0) is 21.4. The first-order valence-electron chi connectivity index (χ1n) is 9.44. The molecule has 0 radical (unpaired) electrons. The number of oxime groups is 1. The van der Waals surface area contributed by atoms with Crippen molar-refractivity contribution in [2.75, 3.05) is 13.7 Å². The Morgan fingerprint density at radius 3 is 2.69 bits per heavy atom. The highest BCUT2D eigenvalue weighted by Gasteiger charge is 2.34. The number of amides is 1. The van der Waals surface area contributed by atoms with Crippen molar-refractivity contribution in [3.05, 3.63) is 36.0 Å². The number of hydrogen-bond donors (Lipinski definition) is 2. The zero-order valence-corrected chi connectivity index (χ0v) is 16.9. The number of nitriles is 1. The van der Waals surface area contributed by atoms with E-state index in [2.05, 4.69) is 10.1 Å². The molecule has 1 atom stereocenters. The van der Waals surface area contributed by atoms with E-state index in [0.29, 0.717) is 0 Å². The largest absolute Gasteiger partial charge is 0.467 e. The van der Waals surface area contributed by atoms with Gasteiger partial charge >= 0.3 is 5.97 Å². The molecule has 29 heavy (non-hydrogen) atoms. The van der Waals surface area contributed by atoms with E-state index in [1.807, 2.05) is 44.2 Å². The quantitative estimate of drug-likeness (QED) is 0.291. The predicted molar refractivity (Wildman–Crippen MR) is 108 cm³/mol. The summed E-state index contributed by atoms with van der Waals surface area (Å²) in [6.45, 7) is 3.80. The van der Waals surface area contributed by atoms with Gasteiger partial charge in [-0.05, 0) is 17.5 Å². The number of para-hydroxylation sites is 1. The van der Waals surface area contributed by atoms with E-state index in [-0.39, 0.29) is 37.4 Å². The second-order valence-electron chi connectivity index (χ2n) is 7.15. The molecule has 0 aliphatic carbocycles. The van der Waals surface area contributed by atoms with E-state index in [4.69, 9.17) is 10.00 Å². The number of aromatic nitrogens is 1. The van der Waals surface area contributed by atoms with Gasteiger partial charge in [-0.3, -0.25) is 4.79 Å². The number of carbonyl (C=O) groups excluding carboxylic acids is 2. The molecule has 1 aromatic carbocycles. The van der Waals surface area contributed by atoms with E-state index in [9.17, 15) is 14.8 Å². The molecular weight excluding hydrogens is 372 g/mol. The van der Waals surface area contributed by atoms with E-state index in [1.165, 1.54) is 12.0 Å². The van der Waals surface area contributed by atoms with Crippen LogP contribution >= 0.6 is 0 Å². The van der Waals surface area contributed by atoms with Crippen LogP contribution in [-0.4, -0.2) is 52.4 Å². The average molecular weight is 398 g/mol. The van der Waals surface area contributed by atoms with Crippen LogP contribution in [-0.2, 0) is 20.7 Å². The summed E-state index contributed by atoms with van der Waals surface area (Å²) >= 11 is 0. The summed E-state index contributed by atoms with van der Waals surface area (Å²) in [6, 6.07) is 8.68. The average Bonchev–Trinajstić information content (AvgIpc) is 3.13. The van der Waals surface area contributed by atoms with Crippen molar-refractivity contribution in [1.29, 1.82) is 5.26 Å². The summed E-state index contributed by atoms with van der Waals surface area (Å²) in [5, 5.41) is 22.5. The second kappa shape index (κ2) is 10.3. The van der Waals surface area contributed by atoms with E-state index < -0.39 is 17.9 Å². The second-order valence-corrected chi connectivity index (χ2v) is 7.15. The number of esters is 1. The first-order chi connectivity index (χ1) is 13.9. The first kappa shape index (κ1) is 22.0. The summed E-state index contributed by atoms with van der Waals surface area (Å²) in [7, 11) is 1.26. The molecule has 0 aliphatic heterocycles. The van der Waals surface area contributed by atoms with Crippen LogP contribution in [0.25, 0.3) is 10.9 Å². The van der Waals surface area contributed by atoms with Gasteiger partial charge in [0.05, 0.1) is 19.6 Å². The molecule has 0 bridgehead atoms. The highest BCUT2D eigenvalue weighted by atomic mass is 16.5. The Kier molecular flexibility index (Phi) is 7.78. The highest BCUT2D eigenvalue weighted by molar-refractivity contribution is 6.39. The Bertz CT molecular complexity index is 926. The molecule has 2 aromatic rings. The topological polar surface area (TPSA) is 119 Å². The SMILES string of the molecule is COC(=O)C(Cc1c[nH]c2ccccc12)N(CCC#N)C(=O)/C(CC(C)C)=N/O. The third kappa shape index (κ3) is 5.35. The fourth-order valence-electron chi connectivity index (χ4n) is 3.26. The summed E-state index contributed by atoms with van der Waals surface area (Å²) in [6.07, 6.45) is 2.28. The molecule has 8 nitrogen and oxygen atoms in total. The maximum Gasteiger partial charge on any atom is 0.328 e. The number of H-pyrrole nitrogens is 1. The lowest BCUT2D eigenvalue weighted by atomic mass is 10.0. The molecule has 8 heteroatoms. The summed E-state index contributed by atoms with van der Waals surface area (Å²) in [5.74, 6) is -1.09. The van der Waals surface area contributed by atoms with Gasteiger partial charge in [0, 0.05) is 36.5 Å². The molecule has 2 N–H and O–H groups in total. The Morgan fingerprint density at radius 2 is 2.07 bits per heavy atom. The highest BCUT2D eigenvalue weighted by Crippen LogP contribution is 2.22. The summed E-state index contributed by atoms with van der Waals surface area (Å²) in [4.78, 5) is 30.1. The summed E-state index contributed by atoms with van der Waals surface area (Å²) in [5.41, 5.74) is 1.71. The molecule has 0 spiro atoms. The first-order valence-corrected chi connectivity index (χ1v) is 9.44. The van der Waals surface area contributed by atoms with E-state index in [1.54, 1.807) is 6.20 Å². The van der Waals surface area contributed by atoms with Gasteiger partial charge in [-0.15, -0.1) is 0 Å². The number of fused-ring (bicyclic) bond motifs is 1. The zero-order valence-electron chi connectivity index (χ0n) is 16.9. The van der Waals surface area contributed by atoms with Gasteiger partial charge in [0.15, 0.2) is 0 Å². The number of rotatable bonds is 9. The Balaban J connectivity index is 2.42. The lowest BCUT2D eigenvalue weighted by molar-refractivity contribution is -0.150. The van der Waals surface area contributed by atoms with Crippen LogP contribution in [0.15, 0.2) is 35.6 Å². The van der Waals surface area contributed by atoms with Crippen molar-refractivity contribution in [2.45, 2.75) is 39.2 Å². The van der Waals surface area contributed by atoms with Gasteiger partial charge in [-0.25, -0.2) is 4.79 Å². The molecule has 154 valence electrons. The van der Waals surface area contributed by atoms with Gasteiger partial charge in [0.2, 0.25) is 0 Å². The Morgan fingerprint density at radius 1 is 1.34 bits per heavy atom. The van der Waals surface area contributed by atoms with Gasteiger partial charge < -0.3 is 19.8 Å². The minimum atomic E-state index is -0.955. The third-order valence-corrected chi connectivity index (χ3v) is 4.63. The van der Waals surface area contributed by atoms with Crippen molar-refractivity contribution in [2.24, 2.45) is 11.1 Å². The van der Waals surface area contributed by atoms with Crippen LogP contribution in [0.4, 0.5) is 0 Å². The monoisotopic (exact) mass is 398 g/mol. The lowest BCUT2D eigenvalue weighted by Gasteiger charge is -2.29. The fourth-order valence-corrected chi connectivity index (χ4v) is 3.26. The number of methoxy groups -OCH3 is 1. The van der Waals surface area contributed by atoms with Crippen LogP contribution in [0.5, 0.6) is 0 Å². The smallest absolute Gasteiger partial charge is 0.328 e. The number of nitrogens with one attached hydrogen (secondary N) is 1. The molecule has 0 fully saturated rings. The standard InChI is InChI=1S/C21H26N4O4/c1-14(2)11-18(24-28)20(26)25(10-6-9-22)19(21(27)29-3)12-15-13-23-17-8-5-4-7-16(15)17/h4-5,7-8,13-14,19,23,28H,6,10-12H2,1-3H3/b24-18+. The Labute approximate surface area is 169 Å². The molecule has 1 heterocycles. The molecule has 1 unspecified atom stereocenters. The Hall–Kier alpha value is -3.34. The summed E-state index contributed by atoms with van der Waals surface area (Å²) < 4.78 is 4.95. The number of hydrogen-bond acceptors (Lipinski definition) is 6. The fraction of sp³-hybridized carbons (Fsp3) is 0.429. The van der Waals surface area contributed by atoms with E-state index in [0.717, 1.165) is 16.5 Å². The number of aromatic amines is 1. The molecule has 0 saturated heterocycles. The molecule has 1 amide bonds. The predicted octanol–water partition coefficient (Wildman–Crippen LogP) is 2.87. The van der Waals surface area contributed by atoms with Gasteiger partial charge in [0.25, 0.3) is 5.91 Å². The molecule has 2 rings (SSSR count). The maximum absolute atomic E-state index is 13.1. The normalized spacial score (nSPS) is 12.6. The van der Waals surface area contributed by atoms with Crippen molar-refractivity contribution in [1.82, 2.24) is 9.88 Å². The molecule has 1 aromatic heterocycles.